The van der Waals surface area contributed by atoms with Crippen molar-refractivity contribution in [1.29, 1.82) is 0 Å². The summed E-state index contributed by atoms with van der Waals surface area (Å²) >= 11 is 0. The van der Waals surface area contributed by atoms with E-state index in [1.54, 1.807) is 24.3 Å². The fraction of sp³-hybridized carbons (Fsp3) is 0.217. The van der Waals surface area contributed by atoms with Gasteiger partial charge in [0.15, 0.2) is 0 Å². The largest absolute Gasteiger partial charge is 0.461 e. The summed E-state index contributed by atoms with van der Waals surface area (Å²) in [5, 5.41) is 2.75. The summed E-state index contributed by atoms with van der Waals surface area (Å²) in [6.07, 6.45) is 2.88. The summed E-state index contributed by atoms with van der Waals surface area (Å²) in [6.45, 7) is 2.23. The van der Waals surface area contributed by atoms with Crippen molar-refractivity contribution < 1.29 is 12.8 Å². The molecule has 0 radical (unpaired) electrons. The lowest BCUT2D eigenvalue weighted by atomic mass is 9.88. The first-order chi connectivity index (χ1) is 13.5. The minimum Gasteiger partial charge on any atom is -0.461 e. The molecule has 1 aliphatic carbocycles. The van der Waals surface area contributed by atoms with Crippen molar-refractivity contribution in [3.05, 3.63) is 72.0 Å². The number of anilines is 1. The van der Waals surface area contributed by atoms with Crippen LogP contribution in [0.5, 0.6) is 0 Å². The Balaban J connectivity index is 1.78. The van der Waals surface area contributed by atoms with Gasteiger partial charge in [0.2, 0.25) is 0 Å². The Morgan fingerprint density at radius 3 is 2.61 bits per heavy atom. The molecule has 0 fully saturated rings. The van der Waals surface area contributed by atoms with Gasteiger partial charge in [-0.3, -0.25) is 4.72 Å². The smallest absolute Gasteiger partial charge is 0.261 e. The standard InChI is InChI=1S/C23H21NO3S/c1-15-11-12-19-20(13-15)27-21-14-16-7-5-6-10-18(16)23(22(19)21)24-28(25,26)17-8-3-2-4-9-17/h2-10,14-15,24H,11-13H2,1H3. The van der Waals surface area contributed by atoms with Gasteiger partial charge in [0.05, 0.1) is 10.6 Å². The number of benzene rings is 3. The van der Waals surface area contributed by atoms with E-state index in [2.05, 4.69) is 11.6 Å². The average Bonchev–Trinajstić information content (AvgIpc) is 3.05. The first-order valence-corrected chi connectivity index (χ1v) is 11.0. The van der Waals surface area contributed by atoms with Gasteiger partial charge in [0.25, 0.3) is 10.0 Å². The van der Waals surface area contributed by atoms with Crippen molar-refractivity contribution in [2.24, 2.45) is 5.92 Å². The quantitative estimate of drug-likeness (QED) is 0.501. The molecule has 0 bridgehead atoms. The zero-order valence-electron chi connectivity index (χ0n) is 15.6. The highest BCUT2D eigenvalue weighted by Gasteiger charge is 2.26. The molecular formula is C23H21NO3S. The van der Waals surface area contributed by atoms with Crippen LogP contribution in [0.1, 0.15) is 24.7 Å². The van der Waals surface area contributed by atoms with Gasteiger partial charge >= 0.3 is 0 Å². The fourth-order valence-corrected chi connectivity index (χ4v) is 5.29. The Bertz CT molecular complexity index is 1290. The van der Waals surface area contributed by atoms with Gasteiger partial charge < -0.3 is 4.42 Å². The van der Waals surface area contributed by atoms with Gasteiger partial charge in [0, 0.05) is 22.8 Å². The topological polar surface area (TPSA) is 59.3 Å². The number of furan rings is 1. The molecule has 3 aromatic carbocycles. The van der Waals surface area contributed by atoms with Crippen LogP contribution < -0.4 is 4.72 Å². The molecule has 0 saturated heterocycles. The number of sulfonamides is 1. The van der Waals surface area contributed by atoms with Crippen LogP contribution in [-0.2, 0) is 22.9 Å². The van der Waals surface area contributed by atoms with Gasteiger partial charge in [0.1, 0.15) is 11.3 Å². The van der Waals surface area contributed by atoms with E-state index >= 15 is 0 Å². The van der Waals surface area contributed by atoms with Crippen LogP contribution in [0.2, 0.25) is 0 Å². The third kappa shape index (κ3) is 2.78. The highest BCUT2D eigenvalue weighted by atomic mass is 32.2. The fourth-order valence-electron chi connectivity index (χ4n) is 4.17. The highest BCUT2D eigenvalue weighted by Crippen LogP contribution is 2.42. The molecule has 4 aromatic rings. The van der Waals surface area contributed by atoms with Gasteiger partial charge in [-0.05, 0) is 42.3 Å². The number of aryl methyl sites for hydroxylation is 1. The van der Waals surface area contributed by atoms with Crippen molar-refractivity contribution >= 4 is 37.5 Å². The number of rotatable bonds is 3. The summed E-state index contributed by atoms with van der Waals surface area (Å²) in [7, 11) is -3.70. The lowest BCUT2D eigenvalue weighted by Crippen LogP contribution is -2.14. The minimum absolute atomic E-state index is 0.252. The minimum atomic E-state index is -3.70. The Kier molecular flexibility index (Phi) is 3.95. The molecule has 4 nitrogen and oxygen atoms in total. The Hall–Kier alpha value is -2.79. The van der Waals surface area contributed by atoms with Crippen LogP contribution in [0.15, 0.2) is 70.0 Å². The maximum atomic E-state index is 13.1. The molecule has 0 saturated carbocycles. The lowest BCUT2D eigenvalue weighted by molar-refractivity contribution is 0.427. The molecule has 5 heteroatoms. The second kappa shape index (κ2) is 6.38. The predicted molar refractivity (Wildman–Crippen MR) is 112 cm³/mol. The molecule has 0 aliphatic heterocycles. The maximum Gasteiger partial charge on any atom is 0.261 e. The molecule has 1 atom stereocenters. The third-order valence-corrected chi connectivity index (χ3v) is 6.96. The van der Waals surface area contributed by atoms with E-state index < -0.39 is 10.0 Å². The molecule has 1 aliphatic rings. The van der Waals surface area contributed by atoms with E-state index in [9.17, 15) is 8.42 Å². The number of fused-ring (bicyclic) bond motifs is 4. The molecule has 142 valence electrons. The van der Waals surface area contributed by atoms with Gasteiger partial charge in [-0.25, -0.2) is 8.42 Å². The van der Waals surface area contributed by atoms with E-state index in [1.165, 1.54) is 0 Å². The lowest BCUT2D eigenvalue weighted by Gasteiger charge is -2.18. The normalized spacial score (nSPS) is 17.0. The molecule has 1 N–H and O–H groups in total. The average molecular weight is 391 g/mol. The zero-order chi connectivity index (χ0) is 19.3. The molecule has 28 heavy (non-hydrogen) atoms. The summed E-state index contributed by atoms with van der Waals surface area (Å²) in [5.74, 6) is 1.57. The molecular weight excluding hydrogens is 370 g/mol. The summed E-state index contributed by atoms with van der Waals surface area (Å²) in [5.41, 5.74) is 2.52. The molecule has 0 amide bonds. The first-order valence-electron chi connectivity index (χ1n) is 9.57. The van der Waals surface area contributed by atoms with E-state index in [-0.39, 0.29) is 4.90 Å². The molecule has 5 rings (SSSR count). The monoisotopic (exact) mass is 391 g/mol. The SMILES string of the molecule is CC1CCc2c(oc3cc4ccccc4c(NS(=O)(=O)c4ccccc4)c23)C1. The Morgan fingerprint density at radius 2 is 1.79 bits per heavy atom. The van der Waals surface area contributed by atoms with Gasteiger partial charge in [-0.15, -0.1) is 0 Å². The van der Waals surface area contributed by atoms with Crippen molar-refractivity contribution in [2.45, 2.75) is 31.1 Å². The number of hydrogen-bond donors (Lipinski definition) is 1. The Labute approximate surface area is 164 Å². The van der Waals surface area contributed by atoms with Crippen molar-refractivity contribution in [1.82, 2.24) is 0 Å². The molecule has 1 heterocycles. The van der Waals surface area contributed by atoms with E-state index in [0.717, 1.165) is 52.3 Å². The van der Waals surface area contributed by atoms with Crippen molar-refractivity contribution in [2.75, 3.05) is 4.72 Å². The summed E-state index contributed by atoms with van der Waals surface area (Å²) in [4.78, 5) is 0.252. The van der Waals surface area contributed by atoms with E-state index in [1.807, 2.05) is 36.4 Å². The van der Waals surface area contributed by atoms with Crippen LogP contribution in [0, 0.1) is 5.92 Å². The molecule has 1 aromatic heterocycles. The van der Waals surface area contributed by atoms with Crippen LogP contribution in [-0.4, -0.2) is 8.42 Å². The van der Waals surface area contributed by atoms with Gasteiger partial charge in [-0.2, -0.15) is 0 Å². The third-order valence-electron chi connectivity index (χ3n) is 5.60. The Morgan fingerprint density at radius 1 is 1.04 bits per heavy atom. The van der Waals surface area contributed by atoms with Crippen LogP contribution in [0.4, 0.5) is 5.69 Å². The maximum absolute atomic E-state index is 13.1. The highest BCUT2D eigenvalue weighted by molar-refractivity contribution is 7.92. The van der Waals surface area contributed by atoms with Crippen LogP contribution in [0.25, 0.3) is 21.7 Å². The van der Waals surface area contributed by atoms with E-state index in [4.69, 9.17) is 4.42 Å². The molecule has 0 spiro atoms. The van der Waals surface area contributed by atoms with Crippen LogP contribution >= 0.6 is 0 Å². The van der Waals surface area contributed by atoms with Crippen molar-refractivity contribution in [3.8, 4) is 0 Å². The summed E-state index contributed by atoms with van der Waals surface area (Å²) in [6, 6.07) is 18.3. The van der Waals surface area contributed by atoms with Crippen LogP contribution in [0.3, 0.4) is 0 Å². The summed E-state index contributed by atoms with van der Waals surface area (Å²) < 4.78 is 35.3. The van der Waals surface area contributed by atoms with E-state index in [0.29, 0.717) is 11.6 Å². The predicted octanol–water partition coefficient (Wildman–Crippen LogP) is 5.51. The second-order valence-corrected chi connectivity index (χ2v) is 9.30. The number of nitrogens with one attached hydrogen (secondary N) is 1. The first kappa shape index (κ1) is 17.3. The number of hydrogen-bond acceptors (Lipinski definition) is 3. The molecule has 1 unspecified atom stereocenters. The second-order valence-electron chi connectivity index (χ2n) is 7.62. The van der Waals surface area contributed by atoms with Crippen molar-refractivity contribution in [3.63, 3.8) is 0 Å². The van der Waals surface area contributed by atoms with Gasteiger partial charge in [-0.1, -0.05) is 49.4 Å². The zero-order valence-corrected chi connectivity index (χ0v) is 16.4.